The second kappa shape index (κ2) is 6.71. The van der Waals surface area contributed by atoms with E-state index in [2.05, 4.69) is 0 Å². The van der Waals surface area contributed by atoms with E-state index < -0.39 is 5.82 Å². The molecule has 0 unspecified atom stereocenters. The van der Waals surface area contributed by atoms with Gasteiger partial charge in [-0.05, 0) is 55.0 Å². The van der Waals surface area contributed by atoms with Gasteiger partial charge in [-0.3, -0.25) is 4.79 Å². The van der Waals surface area contributed by atoms with Crippen LogP contribution in [-0.4, -0.2) is 25.0 Å². The Bertz CT molecular complexity index is 702. The van der Waals surface area contributed by atoms with Gasteiger partial charge in [-0.2, -0.15) is 0 Å². The highest BCUT2D eigenvalue weighted by atomic mass is 32.1. The quantitative estimate of drug-likeness (QED) is 0.845. The summed E-state index contributed by atoms with van der Waals surface area (Å²) in [6.07, 6.45) is 4.58. The molecule has 0 saturated carbocycles. The Morgan fingerprint density at radius 1 is 1.30 bits per heavy atom. The summed E-state index contributed by atoms with van der Waals surface area (Å²) in [7, 11) is 3.19. The van der Waals surface area contributed by atoms with Crippen molar-refractivity contribution in [3.05, 3.63) is 51.0 Å². The highest BCUT2D eigenvalue weighted by molar-refractivity contribution is 7.14. The second-order valence-electron chi connectivity index (χ2n) is 5.90. The molecule has 5 heteroatoms. The average Bonchev–Trinajstić information content (AvgIpc) is 2.98. The van der Waals surface area contributed by atoms with Gasteiger partial charge in [0, 0.05) is 18.5 Å². The molecule has 122 valence electrons. The Balaban J connectivity index is 1.72. The van der Waals surface area contributed by atoms with Crippen LogP contribution in [0.3, 0.4) is 0 Å². The number of amides is 1. The van der Waals surface area contributed by atoms with Crippen LogP contribution in [0.15, 0.2) is 24.3 Å². The first-order valence-corrected chi connectivity index (χ1v) is 8.59. The van der Waals surface area contributed by atoms with Gasteiger partial charge in [-0.15, -0.1) is 11.3 Å². The van der Waals surface area contributed by atoms with Crippen molar-refractivity contribution in [3.63, 3.8) is 0 Å². The lowest BCUT2D eigenvalue weighted by atomic mass is 9.99. The summed E-state index contributed by atoms with van der Waals surface area (Å²) in [4.78, 5) is 16.4. The smallest absolute Gasteiger partial charge is 0.263 e. The Labute approximate surface area is 139 Å². The van der Waals surface area contributed by atoms with E-state index >= 15 is 0 Å². The van der Waals surface area contributed by atoms with Gasteiger partial charge in [-0.1, -0.05) is 6.07 Å². The molecule has 3 nitrogen and oxygen atoms in total. The van der Waals surface area contributed by atoms with Gasteiger partial charge in [0.25, 0.3) is 5.91 Å². The van der Waals surface area contributed by atoms with Crippen LogP contribution < -0.4 is 4.74 Å². The van der Waals surface area contributed by atoms with Crippen molar-refractivity contribution in [2.24, 2.45) is 0 Å². The lowest BCUT2D eigenvalue weighted by Gasteiger charge is -2.16. The van der Waals surface area contributed by atoms with Crippen molar-refractivity contribution in [2.75, 3.05) is 14.2 Å². The van der Waals surface area contributed by atoms with Crippen molar-refractivity contribution < 1.29 is 13.9 Å². The molecule has 0 atom stereocenters. The molecular formula is C18H20FNO2S. The SMILES string of the molecule is COc1ccc(CN(C)C(=O)c2cc3c(s2)CCCC3)cc1F. The van der Waals surface area contributed by atoms with Crippen molar-refractivity contribution >= 4 is 17.2 Å². The van der Waals surface area contributed by atoms with Crippen molar-refractivity contribution in [2.45, 2.75) is 32.2 Å². The molecule has 23 heavy (non-hydrogen) atoms. The van der Waals surface area contributed by atoms with Crippen molar-refractivity contribution in [3.8, 4) is 5.75 Å². The summed E-state index contributed by atoms with van der Waals surface area (Å²) in [5.74, 6) is -0.188. The Kier molecular flexibility index (Phi) is 4.66. The third kappa shape index (κ3) is 3.39. The van der Waals surface area contributed by atoms with Crippen LogP contribution in [0, 0.1) is 5.82 Å². The molecule has 2 aromatic rings. The first-order valence-electron chi connectivity index (χ1n) is 7.78. The topological polar surface area (TPSA) is 29.5 Å². The number of halogens is 1. The Morgan fingerprint density at radius 3 is 2.78 bits per heavy atom. The predicted octanol–water partition coefficient (Wildman–Crippen LogP) is 4.05. The van der Waals surface area contributed by atoms with Crippen LogP contribution in [0.2, 0.25) is 0 Å². The zero-order valence-corrected chi connectivity index (χ0v) is 14.2. The minimum Gasteiger partial charge on any atom is -0.494 e. The number of rotatable bonds is 4. The number of methoxy groups -OCH3 is 1. The monoisotopic (exact) mass is 333 g/mol. The number of carbonyl (C=O) groups excluding carboxylic acids is 1. The van der Waals surface area contributed by atoms with Gasteiger partial charge >= 0.3 is 0 Å². The van der Waals surface area contributed by atoms with E-state index in [1.807, 2.05) is 6.07 Å². The molecule has 1 amide bonds. The maximum absolute atomic E-state index is 13.8. The molecule has 0 fully saturated rings. The normalized spacial score (nSPS) is 13.5. The third-order valence-corrected chi connectivity index (χ3v) is 5.42. The first kappa shape index (κ1) is 16.0. The minimum absolute atomic E-state index is 0.000580. The molecule has 0 saturated heterocycles. The molecule has 1 aromatic carbocycles. The van der Waals surface area contributed by atoms with Crippen molar-refractivity contribution in [1.82, 2.24) is 4.90 Å². The molecule has 0 aliphatic heterocycles. The Hall–Kier alpha value is -1.88. The molecule has 0 spiro atoms. The zero-order valence-electron chi connectivity index (χ0n) is 13.4. The number of carbonyl (C=O) groups is 1. The van der Waals surface area contributed by atoms with Gasteiger partial charge in [-0.25, -0.2) is 4.39 Å². The van der Waals surface area contributed by atoms with Gasteiger partial charge in [0.1, 0.15) is 0 Å². The Morgan fingerprint density at radius 2 is 2.09 bits per heavy atom. The predicted molar refractivity (Wildman–Crippen MR) is 89.7 cm³/mol. The standard InChI is InChI=1S/C18H20FNO2S/c1-20(11-12-7-8-15(22-2)14(19)9-12)18(21)17-10-13-5-3-4-6-16(13)23-17/h7-10H,3-6,11H2,1-2H3. The molecule has 0 bridgehead atoms. The van der Waals surface area contributed by atoms with Gasteiger partial charge < -0.3 is 9.64 Å². The van der Waals surface area contributed by atoms with Crippen LogP contribution in [-0.2, 0) is 19.4 Å². The fraction of sp³-hybridized carbons (Fsp3) is 0.389. The number of aryl methyl sites for hydroxylation is 2. The van der Waals surface area contributed by atoms with Crippen LogP contribution in [0.25, 0.3) is 0 Å². The summed E-state index contributed by atoms with van der Waals surface area (Å²) < 4.78 is 18.7. The van der Waals surface area contributed by atoms with Crippen LogP contribution in [0.5, 0.6) is 5.75 Å². The zero-order chi connectivity index (χ0) is 16.4. The summed E-state index contributed by atoms with van der Waals surface area (Å²) in [5, 5.41) is 0. The molecule has 3 rings (SSSR count). The molecular weight excluding hydrogens is 313 g/mol. The van der Waals surface area contributed by atoms with E-state index in [4.69, 9.17) is 4.74 Å². The maximum Gasteiger partial charge on any atom is 0.263 e. The van der Waals surface area contributed by atoms with Crippen LogP contribution in [0.4, 0.5) is 4.39 Å². The van der Waals surface area contributed by atoms with E-state index in [0.29, 0.717) is 6.54 Å². The average molecular weight is 333 g/mol. The fourth-order valence-corrected chi connectivity index (χ4v) is 4.19. The summed E-state index contributed by atoms with van der Waals surface area (Å²) in [5.41, 5.74) is 2.08. The van der Waals surface area contributed by atoms with Crippen LogP contribution in [0.1, 0.15) is 38.5 Å². The fourth-order valence-electron chi connectivity index (χ4n) is 2.94. The van der Waals surface area contributed by atoms with E-state index in [1.54, 1.807) is 35.4 Å². The third-order valence-electron chi connectivity index (χ3n) is 4.19. The number of ether oxygens (including phenoxy) is 1. The van der Waals surface area contributed by atoms with E-state index in [1.165, 1.54) is 36.5 Å². The van der Waals surface area contributed by atoms with Gasteiger partial charge in [0.15, 0.2) is 11.6 Å². The number of nitrogens with zero attached hydrogens (tertiary/aromatic N) is 1. The number of thiophene rings is 1. The number of benzene rings is 1. The molecule has 1 aliphatic carbocycles. The van der Waals surface area contributed by atoms with E-state index in [0.717, 1.165) is 23.3 Å². The number of hydrogen-bond donors (Lipinski definition) is 0. The maximum atomic E-state index is 13.8. The number of hydrogen-bond acceptors (Lipinski definition) is 3. The summed E-state index contributed by atoms with van der Waals surface area (Å²) >= 11 is 1.61. The lowest BCUT2D eigenvalue weighted by Crippen LogP contribution is -2.25. The molecule has 1 aromatic heterocycles. The first-order chi connectivity index (χ1) is 11.1. The molecule has 0 radical (unpaired) electrons. The largest absolute Gasteiger partial charge is 0.494 e. The van der Waals surface area contributed by atoms with E-state index in [-0.39, 0.29) is 11.7 Å². The number of fused-ring (bicyclic) bond motifs is 1. The lowest BCUT2D eigenvalue weighted by molar-refractivity contribution is 0.0789. The molecule has 0 N–H and O–H groups in total. The second-order valence-corrected chi connectivity index (χ2v) is 7.03. The molecule has 1 aliphatic rings. The van der Waals surface area contributed by atoms with Gasteiger partial charge in [0.2, 0.25) is 0 Å². The van der Waals surface area contributed by atoms with E-state index in [9.17, 15) is 9.18 Å². The minimum atomic E-state index is -0.405. The van der Waals surface area contributed by atoms with Gasteiger partial charge in [0.05, 0.1) is 12.0 Å². The highest BCUT2D eigenvalue weighted by Gasteiger charge is 2.20. The summed E-state index contributed by atoms with van der Waals surface area (Å²) in [6, 6.07) is 6.83. The van der Waals surface area contributed by atoms with Crippen LogP contribution >= 0.6 is 11.3 Å². The molecule has 1 heterocycles. The summed E-state index contributed by atoms with van der Waals surface area (Å²) in [6.45, 7) is 0.377. The van der Waals surface area contributed by atoms with Crippen molar-refractivity contribution in [1.29, 1.82) is 0 Å². The highest BCUT2D eigenvalue weighted by Crippen LogP contribution is 2.30.